The molecule has 1 aliphatic rings. The fourth-order valence-corrected chi connectivity index (χ4v) is 2.52. The molecule has 0 aliphatic carbocycles. The van der Waals surface area contributed by atoms with Crippen molar-refractivity contribution in [2.24, 2.45) is 5.73 Å². The zero-order valence-electron chi connectivity index (χ0n) is 11.7. The lowest BCUT2D eigenvalue weighted by molar-refractivity contribution is -0.138. The number of hydrogen-bond acceptors (Lipinski definition) is 4. The summed E-state index contributed by atoms with van der Waals surface area (Å²) in [6, 6.07) is 10.0. The first kappa shape index (κ1) is 15.0. The molecule has 0 bridgehead atoms. The van der Waals surface area contributed by atoms with Crippen LogP contribution < -0.4 is 11.1 Å². The zero-order chi connectivity index (χ0) is 14.4. The summed E-state index contributed by atoms with van der Waals surface area (Å²) in [6.07, 6.45) is 2.08. The van der Waals surface area contributed by atoms with Gasteiger partial charge in [-0.1, -0.05) is 30.3 Å². The van der Waals surface area contributed by atoms with Gasteiger partial charge >= 0.3 is 5.97 Å². The molecule has 1 saturated heterocycles. The van der Waals surface area contributed by atoms with Gasteiger partial charge in [0.15, 0.2) is 0 Å². The SMILES string of the molecule is NC(CNC1CCN(Cc2ccccc2)CC1)C(=O)O. The fraction of sp³-hybridized carbons (Fsp3) is 0.533. The highest BCUT2D eigenvalue weighted by molar-refractivity contribution is 5.73. The minimum atomic E-state index is -0.945. The van der Waals surface area contributed by atoms with Crippen LogP contribution in [-0.2, 0) is 11.3 Å². The van der Waals surface area contributed by atoms with E-state index in [0.29, 0.717) is 12.6 Å². The Morgan fingerprint density at radius 3 is 2.60 bits per heavy atom. The summed E-state index contributed by atoms with van der Waals surface area (Å²) in [5, 5.41) is 12.0. The number of rotatable bonds is 6. The minimum Gasteiger partial charge on any atom is -0.480 e. The van der Waals surface area contributed by atoms with Gasteiger partial charge in [0.05, 0.1) is 0 Å². The minimum absolute atomic E-state index is 0.346. The normalized spacial score (nSPS) is 18.9. The van der Waals surface area contributed by atoms with E-state index in [-0.39, 0.29) is 0 Å². The molecule has 0 spiro atoms. The van der Waals surface area contributed by atoms with Crippen molar-refractivity contribution in [3.63, 3.8) is 0 Å². The van der Waals surface area contributed by atoms with E-state index in [2.05, 4.69) is 34.5 Å². The van der Waals surface area contributed by atoms with Crippen LogP contribution in [0.5, 0.6) is 0 Å². The molecule has 0 saturated carbocycles. The van der Waals surface area contributed by atoms with Gasteiger partial charge in [-0.25, -0.2) is 0 Å². The van der Waals surface area contributed by atoms with E-state index in [4.69, 9.17) is 10.8 Å². The van der Waals surface area contributed by atoms with Gasteiger partial charge in [0, 0.05) is 19.1 Å². The molecule has 1 aliphatic heterocycles. The highest BCUT2D eigenvalue weighted by Gasteiger charge is 2.20. The molecule has 110 valence electrons. The third-order valence-electron chi connectivity index (χ3n) is 3.78. The van der Waals surface area contributed by atoms with Crippen molar-refractivity contribution in [1.29, 1.82) is 0 Å². The molecule has 0 aromatic heterocycles. The smallest absolute Gasteiger partial charge is 0.321 e. The lowest BCUT2D eigenvalue weighted by Crippen LogP contribution is -2.48. The van der Waals surface area contributed by atoms with E-state index in [9.17, 15) is 4.79 Å². The predicted molar refractivity (Wildman–Crippen MR) is 78.4 cm³/mol. The quantitative estimate of drug-likeness (QED) is 0.711. The van der Waals surface area contributed by atoms with E-state index in [1.807, 2.05) is 6.07 Å². The van der Waals surface area contributed by atoms with Crippen molar-refractivity contribution in [2.45, 2.75) is 31.5 Å². The second kappa shape index (κ2) is 7.38. The number of nitrogens with zero attached hydrogens (tertiary/aromatic N) is 1. The number of carbonyl (C=O) groups is 1. The highest BCUT2D eigenvalue weighted by atomic mass is 16.4. The molecule has 1 aromatic carbocycles. The summed E-state index contributed by atoms with van der Waals surface area (Å²) >= 11 is 0. The maximum Gasteiger partial charge on any atom is 0.321 e. The van der Waals surface area contributed by atoms with Crippen LogP contribution in [0.4, 0.5) is 0 Å². The average molecular weight is 277 g/mol. The summed E-state index contributed by atoms with van der Waals surface area (Å²) in [5.74, 6) is -0.945. The Balaban J connectivity index is 1.69. The molecule has 1 fully saturated rings. The van der Waals surface area contributed by atoms with Gasteiger partial charge in [-0.3, -0.25) is 9.69 Å². The van der Waals surface area contributed by atoms with Crippen LogP contribution in [0.3, 0.4) is 0 Å². The molecule has 1 unspecified atom stereocenters. The van der Waals surface area contributed by atoms with Gasteiger partial charge in [-0.15, -0.1) is 0 Å². The van der Waals surface area contributed by atoms with Crippen molar-refractivity contribution in [3.05, 3.63) is 35.9 Å². The van der Waals surface area contributed by atoms with Gasteiger partial charge in [-0.05, 0) is 31.5 Å². The molecular formula is C15H23N3O2. The summed E-state index contributed by atoms with van der Waals surface area (Å²) < 4.78 is 0. The summed E-state index contributed by atoms with van der Waals surface area (Å²) in [6.45, 7) is 3.41. The van der Waals surface area contributed by atoms with E-state index in [0.717, 1.165) is 32.5 Å². The number of nitrogens with one attached hydrogen (secondary N) is 1. The van der Waals surface area contributed by atoms with Gasteiger partial charge in [-0.2, -0.15) is 0 Å². The van der Waals surface area contributed by atoms with E-state index in [1.165, 1.54) is 5.56 Å². The first-order chi connectivity index (χ1) is 9.65. The second-order valence-corrected chi connectivity index (χ2v) is 5.39. The second-order valence-electron chi connectivity index (χ2n) is 5.39. The maximum atomic E-state index is 10.7. The van der Waals surface area contributed by atoms with E-state index < -0.39 is 12.0 Å². The topological polar surface area (TPSA) is 78.6 Å². The third kappa shape index (κ3) is 4.59. The van der Waals surface area contributed by atoms with Crippen molar-refractivity contribution in [3.8, 4) is 0 Å². The van der Waals surface area contributed by atoms with Crippen LogP contribution in [-0.4, -0.2) is 47.7 Å². The monoisotopic (exact) mass is 277 g/mol. The highest BCUT2D eigenvalue weighted by Crippen LogP contribution is 2.13. The Morgan fingerprint density at radius 2 is 2.00 bits per heavy atom. The first-order valence-electron chi connectivity index (χ1n) is 7.13. The van der Waals surface area contributed by atoms with Crippen LogP contribution in [0.1, 0.15) is 18.4 Å². The molecule has 1 heterocycles. The van der Waals surface area contributed by atoms with Crippen LogP contribution in [0.25, 0.3) is 0 Å². The lowest BCUT2D eigenvalue weighted by atomic mass is 10.0. The number of carboxylic acid groups (broad SMARTS) is 1. The van der Waals surface area contributed by atoms with E-state index >= 15 is 0 Å². The molecule has 2 rings (SSSR count). The van der Waals surface area contributed by atoms with Crippen molar-refractivity contribution >= 4 is 5.97 Å². The van der Waals surface area contributed by atoms with Gasteiger partial charge in [0.25, 0.3) is 0 Å². The molecule has 1 atom stereocenters. The van der Waals surface area contributed by atoms with Crippen molar-refractivity contribution in [2.75, 3.05) is 19.6 Å². The Kier molecular flexibility index (Phi) is 5.52. The zero-order valence-corrected chi connectivity index (χ0v) is 11.7. The number of nitrogens with two attached hydrogens (primary N) is 1. The predicted octanol–water partition coefficient (Wildman–Crippen LogP) is 0.653. The fourth-order valence-electron chi connectivity index (χ4n) is 2.52. The van der Waals surface area contributed by atoms with Crippen LogP contribution in [0.2, 0.25) is 0 Å². The van der Waals surface area contributed by atoms with Crippen LogP contribution >= 0.6 is 0 Å². The molecule has 0 radical (unpaired) electrons. The number of benzene rings is 1. The largest absolute Gasteiger partial charge is 0.480 e. The van der Waals surface area contributed by atoms with Crippen LogP contribution in [0, 0.1) is 0 Å². The number of piperidine rings is 1. The van der Waals surface area contributed by atoms with Gasteiger partial charge in [0.1, 0.15) is 6.04 Å². The Hall–Kier alpha value is -1.43. The standard InChI is InChI=1S/C15H23N3O2/c16-14(15(19)20)10-17-13-6-8-18(9-7-13)11-12-4-2-1-3-5-12/h1-5,13-14,17H,6-11,16H2,(H,19,20). The lowest BCUT2D eigenvalue weighted by Gasteiger charge is -2.32. The molecule has 1 aromatic rings. The Bertz CT molecular complexity index is 416. The summed E-state index contributed by atoms with van der Waals surface area (Å²) in [5.41, 5.74) is 6.83. The Morgan fingerprint density at radius 1 is 1.35 bits per heavy atom. The molecule has 20 heavy (non-hydrogen) atoms. The third-order valence-corrected chi connectivity index (χ3v) is 3.78. The first-order valence-corrected chi connectivity index (χ1v) is 7.13. The summed E-state index contributed by atoms with van der Waals surface area (Å²) in [4.78, 5) is 13.1. The van der Waals surface area contributed by atoms with E-state index in [1.54, 1.807) is 0 Å². The number of hydrogen-bond donors (Lipinski definition) is 3. The van der Waals surface area contributed by atoms with Gasteiger partial charge in [0.2, 0.25) is 0 Å². The number of likely N-dealkylation sites (tertiary alicyclic amines) is 1. The molecular weight excluding hydrogens is 254 g/mol. The number of carboxylic acids is 1. The van der Waals surface area contributed by atoms with Crippen molar-refractivity contribution in [1.82, 2.24) is 10.2 Å². The molecule has 4 N–H and O–H groups in total. The summed E-state index contributed by atoms with van der Waals surface area (Å²) in [7, 11) is 0. The Labute approximate surface area is 119 Å². The molecule has 0 amide bonds. The maximum absolute atomic E-state index is 10.7. The van der Waals surface area contributed by atoms with Crippen LogP contribution in [0.15, 0.2) is 30.3 Å². The molecule has 5 heteroatoms. The van der Waals surface area contributed by atoms with Gasteiger partial charge < -0.3 is 16.2 Å². The average Bonchev–Trinajstić information content (AvgIpc) is 2.47. The molecule has 5 nitrogen and oxygen atoms in total. The number of aliphatic carboxylic acids is 1. The van der Waals surface area contributed by atoms with Crippen molar-refractivity contribution < 1.29 is 9.90 Å².